The molecule has 0 bridgehead atoms. The number of aromatic nitrogens is 1. The number of likely N-dealkylation sites (tertiary alicyclic amines) is 2. The monoisotopic (exact) mass is 544 g/mol. The first-order valence-corrected chi connectivity index (χ1v) is 14.7. The van der Waals surface area contributed by atoms with E-state index in [0.29, 0.717) is 56.6 Å². The number of sulfonamides is 1. The van der Waals surface area contributed by atoms with Crippen LogP contribution >= 0.6 is 0 Å². The molecule has 1 aromatic heterocycles. The average molecular weight is 545 g/mol. The van der Waals surface area contributed by atoms with Gasteiger partial charge in [0.2, 0.25) is 10.0 Å². The molecule has 3 aromatic rings. The number of pyridine rings is 1. The summed E-state index contributed by atoms with van der Waals surface area (Å²) in [5.74, 6) is 0.183. The molecule has 2 aliphatic rings. The van der Waals surface area contributed by atoms with Gasteiger partial charge in [0.15, 0.2) is 0 Å². The normalized spacial score (nSPS) is 18.1. The lowest BCUT2D eigenvalue weighted by Crippen LogP contribution is -2.49. The van der Waals surface area contributed by atoms with Gasteiger partial charge in [-0.15, -0.1) is 0 Å². The zero-order chi connectivity index (χ0) is 26.5. The average Bonchev–Trinajstić information content (AvgIpc) is 3.44. The van der Waals surface area contributed by atoms with Gasteiger partial charge in [-0.25, -0.2) is 8.42 Å². The Hall–Kier alpha value is -2.66. The Kier molecular flexibility index (Phi) is 8.52. The highest BCUT2D eigenvalue weighted by atomic mass is 32.2. The minimum Gasteiger partial charge on any atom is -0.434 e. The Morgan fingerprint density at radius 3 is 2.45 bits per heavy atom. The van der Waals surface area contributed by atoms with Crippen molar-refractivity contribution >= 4 is 20.9 Å². The Morgan fingerprint density at radius 2 is 1.68 bits per heavy atom. The Labute approximate surface area is 223 Å². The highest BCUT2D eigenvalue weighted by Gasteiger charge is 2.35. The molecule has 5 rings (SSSR count). The second kappa shape index (κ2) is 12.0. The number of ether oxygens (including phenoxy) is 1. The fourth-order valence-corrected chi connectivity index (χ4v) is 7.45. The summed E-state index contributed by atoms with van der Waals surface area (Å²) in [6, 6.07) is 15.7. The third-order valence-electron chi connectivity index (χ3n) is 7.56. The van der Waals surface area contributed by atoms with Crippen LogP contribution < -0.4 is 4.74 Å². The summed E-state index contributed by atoms with van der Waals surface area (Å²) in [7, 11) is -3.79. The minimum atomic E-state index is -3.79. The van der Waals surface area contributed by atoms with Gasteiger partial charge in [-0.1, -0.05) is 36.4 Å². The number of piperidine rings is 1. The maximum Gasteiger partial charge on any atom is 0.387 e. The zero-order valence-corrected chi connectivity index (χ0v) is 22.2. The molecule has 0 amide bonds. The number of para-hydroxylation sites is 2. The molecule has 0 saturated carbocycles. The molecule has 2 fully saturated rings. The molecule has 0 N–H and O–H groups in total. The Morgan fingerprint density at radius 1 is 0.947 bits per heavy atom. The molecule has 0 unspecified atom stereocenters. The van der Waals surface area contributed by atoms with E-state index in [9.17, 15) is 17.2 Å². The smallest absolute Gasteiger partial charge is 0.387 e. The number of hydrogen-bond donors (Lipinski definition) is 0. The lowest BCUT2D eigenvalue weighted by Gasteiger charge is -2.38. The van der Waals surface area contributed by atoms with E-state index >= 15 is 0 Å². The topological polar surface area (TPSA) is 66.0 Å². The predicted octanol–water partition coefficient (Wildman–Crippen LogP) is 4.59. The van der Waals surface area contributed by atoms with Crippen LogP contribution in [0.2, 0.25) is 0 Å². The van der Waals surface area contributed by atoms with Gasteiger partial charge in [0.1, 0.15) is 10.6 Å². The number of rotatable bonds is 10. The number of alkyl halides is 2. The fraction of sp³-hybridized carbons (Fsp3) is 0.464. The number of fused-ring (bicyclic) bond motifs is 1. The van der Waals surface area contributed by atoms with E-state index in [1.54, 1.807) is 40.8 Å². The van der Waals surface area contributed by atoms with Gasteiger partial charge in [-0.2, -0.15) is 13.1 Å². The summed E-state index contributed by atoms with van der Waals surface area (Å²) in [5.41, 5.74) is 1.20. The largest absolute Gasteiger partial charge is 0.434 e. The standard InChI is InChI=1S/C28H34F2N4O3S/c29-28(30)37-25-10-2-1-7-23(25)21-33-17-12-24(13-18-33)34(20-19-32-15-3-4-16-32)38(35,36)26-11-5-8-22-9-6-14-31-27(22)26/h1-2,5-11,14,24,28H,3-4,12-13,15-21H2. The van der Waals surface area contributed by atoms with E-state index in [2.05, 4.69) is 14.8 Å². The van der Waals surface area contributed by atoms with E-state index in [-0.39, 0.29) is 16.7 Å². The maximum absolute atomic E-state index is 14.1. The minimum absolute atomic E-state index is 0.148. The summed E-state index contributed by atoms with van der Waals surface area (Å²) >= 11 is 0. The van der Waals surface area contributed by atoms with Gasteiger partial charge >= 0.3 is 6.61 Å². The van der Waals surface area contributed by atoms with Gasteiger partial charge in [0, 0.05) is 55.9 Å². The van der Waals surface area contributed by atoms with Crippen molar-refractivity contribution in [3.05, 3.63) is 66.4 Å². The van der Waals surface area contributed by atoms with E-state index in [1.807, 2.05) is 24.3 Å². The van der Waals surface area contributed by atoms with Crippen LogP contribution in [0.3, 0.4) is 0 Å². The summed E-state index contributed by atoms with van der Waals surface area (Å²) in [6.45, 7) is 2.07. The molecule has 0 spiro atoms. The van der Waals surface area contributed by atoms with Crippen molar-refractivity contribution in [3.8, 4) is 5.75 Å². The van der Waals surface area contributed by atoms with Crippen LogP contribution in [0.4, 0.5) is 8.78 Å². The summed E-state index contributed by atoms with van der Waals surface area (Å²) in [4.78, 5) is 9.17. The van der Waals surface area contributed by atoms with Crippen LogP contribution in [0.5, 0.6) is 5.75 Å². The number of hydrogen-bond acceptors (Lipinski definition) is 6. The number of halogens is 2. The van der Waals surface area contributed by atoms with Crippen molar-refractivity contribution in [1.29, 1.82) is 0 Å². The molecule has 7 nitrogen and oxygen atoms in total. The van der Waals surface area contributed by atoms with E-state index in [1.165, 1.54) is 0 Å². The molecule has 38 heavy (non-hydrogen) atoms. The summed E-state index contributed by atoms with van der Waals surface area (Å²) < 4.78 is 60.4. The van der Waals surface area contributed by atoms with Crippen LogP contribution in [0.1, 0.15) is 31.2 Å². The third-order valence-corrected chi connectivity index (χ3v) is 9.55. The van der Waals surface area contributed by atoms with E-state index in [4.69, 9.17) is 4.74 Å². The van der Waals surface area contributed by atoms with Crippen LogP contribution in [-0.4, -0.2) is 79.4 Å². The first kappa shape index (κ1) is 26.9. The molecule has 2 saturated heterocycles. The molecular weight excluding hydrogens is 510 g/mol. The first-order chi connectivity index (χ1) is 18.4. The molecule has 0 atom stereocenters. The lowest BCUT2D eigenvalue weighted by atomic mass is 10.0. The van der Waals surface area contributed by atoms with Crippen molar-refractivity contribution in [1.82, 2.24) is 19.1 Å². The van der Waals surface area contributed by atoms with Crippen molar-refractivity contribution in [2.24, 2.45) is 0 Å². The van der Waals surface area contributed by atoms with Gasteiger partial charge < -0.3 is 9.64 Å². The van der Waals surface area contributed by atoms with Crippen LogP contribution in [0.25, 0.3) is 10.9 Å². The highest BCUT2D eigenvalue weighted by Crippen LogP contribution is 2.30. The van der Waals surface area contributed by atoms with Crippen LogP contribution in [-0.2, 0) is 16.6 Å². The lowest BCUT2D eigenvalue weighted by molar-refractivity contribution is -0.0508. The molecule has 2 aromatic carbocycles. The summed E-state index contributed by atoms with van der Waals surface area (Å²) in [5, 5.41) is 0.799. The maximum atomic E-state index is 14.1. The van der Waals surface area contributed by atoms with Crippen molar-refractivity contribution in [2.45, 2.75) is 49.8 Å². The number of nitrogens with zero attached hydrogens (tertiary/aromatic N) is 4. The van der Waals surface area contributed by atoms with E-state index < -0.39 is 16.6 Å². The molecule has 204 valence electrons. The molecule has 0 aliphatic carbocycles. The third kappa shape index (κ3) is 6.14. The van der Waals surface area contributed by atoms with Gasteiger partial charge in [-0.3, -0.25) is 9.88 Å². The van der Waals surface area contributed by atoms with Crippen LogP contribution in [0.15, 0.2) is 65.7 Å². The molecule has 0 radical (unpaired) electrons. The van der Waals surface area contributed by atoms with Crippen molar-refractivity contribution < 1.29 is 21.9 Å². The SMILES string of the molecule is O=S(=O)(c1cccc2cccnc12)N(CCN1CCCC1)C1CCN(Cc2ccccc2OC(F)F)CC1. The Bertz CT molecular complexity index is 1320. The molecule has 10 heteroatoms. The fourth-order valence-electron chi connectivity index (χ4n) is 5.61. The first-order valence-electron chi connectivity index (χ1n) is 13.2. The molecular formula is C28H34F2N4O3S. The quantitative estimate of drug-likeness (QED) is 0.372. The predicted molar refractivity (Wildman–Crippen MR) is 143 cm³/mol. The second-order valence-electron chi connectivity index (χ2n) is 9.99. The molecule has 3 heterocycles. The highest BCUT2D eigenvalue weighted by molar-refractivity contribution is 7.89. The summed E-state index contributed by atoms with van der Waals surface area (Å²) in [6.07, 6.45) is 5.25. The van der Waals surface area contributed by atoms with E-state index in [0.717, 1.165) is 31.3 Å². The van der Waals surface area contributed by atoms with Crippen LogP contribution in [0, 0.1) is 0 Å². The van der Waals surface area contributed by atoms with Gasteiger partial charge in [0.05, 0.1) is 5.52 Å². The second-order valence-corrected chi connectivity index (χ2v) is 11.8. The molecule has 2 aliphatic heterocycles. The van der Waals surface area contributed by atoms with Gasteiger partial charge in [-0.05, 0) is 57.0 Å². The zero-order valence-electron chi connectivity index (χ0n) is 21.4. The van der Waals surface area contributed by atoms with Gasteiger partial charge in [0.25, 0.3) is 0 Å². The number of benzene rings is 2. The Balaban J connectivity index is 1.34. The van der Waals surface area contributed by atoms with Crippen molar-refractivity contribution in [2.75, 3.05) is 39.3 Å². The van der Waals surface area contributed by atoms with Crippen molar-refractivity contribution in [3.63, 3.8) is 0 Å².